The van der Waals surface area contributed by atoms with Crippen molar-refractivity contribution in [2.45, 2.75) is 18.9 Å². The Kier molecular flexibility index (Phi) is 3.74. The van der Waals surface area contributed by atoms with Crippen molar-refractivity contribution in [2.24, 2.45) is 0 Å². The second-order valence-corrected chi connectivity index (χ2v) is 5.68. The maximum atomic E-state index is 11.9. The summed E-state index contributed by atoms with van der Waals surface area (Å²) in [5.74, 6) is 1.57. The minimum atomic E-state index is -0.718. The van der Waals surface area contributed by atoms with Gasteiger partial charge >= 0.3 is 0 Å². The SMILES string of the molecule is Cc1cccc(C(=O)NCC2(O)CCSC2)c1. The number of aliphatic hydroxyl groups is 1. The molecule has 1 fully saturated rings. The van der Waals surface area contributed by atoms with E-state index in [4.69, 9.17) is 0 Å². The van der Waals surface area contributed by atoms with Crippen LogP contribution >= 0.6 is 11.8 Å². The molecule has 1 unspecified atom stereocenters. The number of rotatable bonds is 3. The van der Waals surface area contributed by atoms with Gasteiger partial charge in [-0.05, 0) is 31.2 Å². The highest BCUT2D eigenvalue weighted by Gasteiger charge is 2.31. The van der Waals surface area contributed by atoms with Crippen LogP contribution in [0.15, 0.2) is 24.3 Å². The van der Waals surface area contributed by atoms with Gasteiger partial charge in [-0.2, -0.15) is 11.8 Å². The number of carbonyl (C=O) groups excluding carboxylic acids is 1. The van der Waals surface area contributed by atoms with Gasteiger partial charge in [0.2, 0.25) is 0 Å². The maximum absolute atomic E-state index is 11.9. The van der Waals surface area contributed by atoms with E-state index < -0.39 is 5.60 Å². The van der Waals surface area contributed by atoms with Gasteiger partial charge in [0.15, 0.2) is 0 Å². The molecule has 17 heavy (non-hydrogen) atoms. The van der Waals surface area contributed by atoms with Crippen molar-refractivity contribution in [1.82, 2.24) is 5.32 Å². The van der Waals surface area contributed by atoms with Gasteiger partial charge in [-0.1, -0.05) is 17.7 Å². The summed E-state index contributed by atoms with van der Waals surface area (Å²) >= 11 is 1.73. The van der Waals surface area contributed by atoms with Crippen LogP contribution in [0.4, 0.5) is 0 Å². The zero-order chi connectivity index (χ0) is 12.3. The molecular weight excluding hydrogens is 234 g/mol. The first-order chi connectivity index (χ1) is 8.09. The minimum absolute atomic E-state index is 0.112. The molecule has 3 nitrogen and oxygen atoms in total. The quantitative estimate of drug-likeness (QED) is 0.858. The molecule has 4 heteroatoms. The highest BCUT2D eigenvalue weighted by atomic mass is 32.2. The summed E-state index contributed by atoms with van der Waals surface area (Å²) in [6, 6.07) is 7.46. The molecule has 0 aromatic heterocycles. The third-order valence-corrected chi connectivity index (χ3v) is 4.18. The van der Waals surface area contributed by atoms with E-state index in [1.807, 2.05) is 25.1 Å². The lowest BCUT2D eigenvalue weighted by molar-refractivity contribution is 0.0612. The Balaban J connectivity index is 1.93. The largest absolute Gasteiger partial charge is 0.387 e. The lowest BCUT2D eigenvalue weighted by atomic mass is 10.0. The second kappa shape index (κ2) is 5.10. The average molecular weight is 251 g/mol. The van der Waals surface area contributed by atoms with Crippen LogP contribution in [-0.4, -0.2) is 34.7 Å². The molecule has 1 atom stereocenters. The minimum Gasteiger partial charge on any atom is -0.387 e. The molecule has 1 aromatic carbocycles. The number of nitrogens with one attached hydrogen (secondary N) is 1. The number of amides is 1. The van der Waals surface area contributed by atoms with Crippen LogP contribution in [0.2, 0.25) is 0 Å². The molecule has 2 rings (SSSR count). The molecule has 0 spiro atoms. The van der Waals surface area contributed by atoms with Crippen molar-refractivity contribution < 1.29 is 9.90 Å². The number of carbonyl (C=O) groups is 1. The number of hydrogen-bond donors (Lipinski definition) is 2. The van der Waals surface area contributed by atoms with Crippen molar-refractivity contribution >= 4 is 17.7 Å². The fourth-order valence-corrected chi connectivity index (χ4v) is 3.16. The third kappa shape index (κ3) is 3.23. The number of aryl methyl sites for hydroxylation is 1. The number of hydrogen-bond acceptors (Lipinski definition) is 3. The van der Waals surface area contributed by atoms with E-state index in [9.17, 15) is 9.90 Å². The van der Waals surface area contributed by atoms with E-state index in [-0.39, 0.29) is 5.91 Å². The van der Waals surface area contributed by atoms with Gasteiger partial charge in [-0.25, -0.2) is 0 Å². The molecule has 92 valence electrons. The Bertz CT molecular complexity index is 414. The van der Waals surface area contributed by atoms with Crippen LogP contribution < -0.4 is 5.32 Å². The van der Waals surface area contributed by atoms with Gasteiger partial charge in [0.1, 0.15) is 0 Å². The third-order valence-electron chi connectivity index (χ3n) is 2.94. The van der Waals surface area contributed by atoms with Crippen LogP contribution in [-0.2, 0) is 0 Å². The first-order valence-electron chi connectivity index (χ1n) is 5.74. The zero-order valence-corrected chi connectivity index (χ0v) is 10.7. The number of benzene rings is 1. The molecule has 0 aliphatic carbocycles. The highest BCUT2D eigenvalue weighted by Crippen LogP contribution is 2.27. The molecule has 0 radical (unpaired) electrons. The summed E-state index contributed by atoms with van der Waals surface area (Å²) in [5.41, 5.74) is 0.997. The Hall–Kier alpha value is -1.00. The predicted molar refractivity (Wildman–Crippen MR) is 70.4 cm³/mol. The van der Waals surface area contributed by atoms with Crippen molar-refractivity contribution in [3.63, 3.8) is 0 Å². The Morgan fingerprint density at radius 2 is 2.41 bits per heavy atom. The summed E-state index contributed by atoms with van der Waals surface area (Å²) in [6.45, 7) is 2.30. The van der Waals surface area contributed by atoms with E-state index in [1.165, 1.54) is 0 Å². The van der Waals surface area contributed by atoms with Gasteiger partial charge < -0.3 is 10.4 Å². The van der Waals surface area contributed by atoms with Crippen molar-refractivity contribution in [1.29, 1.82) is 0 Å². The summed E-state index contributed by atoms with van der Waals surface area (Å²) in [5, 5.41) is 12.9. The lowest BCUT2D eigenvalue weighted by Gasteiger charge is -2.21. The first kappa shape index (κ1) is 12.5. The zero-order valence-electron chi connectivity index (χ0n) is 9.90. The second-order valence-electron chi connectivity index (χ2n) is 4.58. The van der Waals surface area contributed by atoms with Gasteiger partial charge in [0, 0.05) is 17.9 Å². The van der Waals surface area contributed by atoms with E-state index in [0.717, 1.165) is 17.7 Å². The average Bonchev–Trinajstić information content (AvgIpc) is 2.74. The van der Waals surface area contributed by atoms with Crippen LogP contribution in [0.25, 0.3) is 0 Å². The van der Waals surface area contributed by atoms with Crippen molar-refractivity contribution in [2.75, 3.05) is 18.1 Å². The fourth-order valence-electron chi connectivity index (χ4n) is 1.87. The van der Waals surface area contributed by atoms with E-state index in [0.29, 0.717) is 17.9 Å². The molecule has 1 aliphatic heterocycles. The van der Waals surface area contributed by atoms with Gasteiger partial charge in [-0.15, -0.1) is 0 Å². The van der Waals surface area contributed by atoms with Crippen LogP contribution in [0.1, 0.15) is 22.3 Å². The number of thioether (sulfide) groups is 1. The molecule has 2 N–H and O–H groups in total. The monoisotopic (exact) mass is 251 g/mol. The molecule has 0 saturated carbocycles. The molecule has 1 amide bonds. The standard InChI is InChI=1S/C13H17NO2S/c1-10-3-2-4-11(7-10)12(15)14-8-13(16)5-6-17-9-13/h2-4,7,16H,5-6,8-9H2,1H3,(H,14,15). The Morgan fingerprint density at radius 1 is 1.59 bits per heavy atom. The molecule has 1 aliphatic rings. The van der Waals surface area contributed by atoms with E-state index in [2.05, 4.69) is 5.32 Å². The summed E-state index contributed by atoms with van der Waals surface area (Å²) < 4.78 is 0. The molecular formula is C13H17NO2S. The van der Waals surface area contributed by atoms with Gasteiger partial charge in [-0.3, -0.25) is 4.79 Å². The van der Waals surface area contributed by atoms with Gasteiger partial charge in [0.05, 0.1) is 5.60 Å². The Labute approximate surface area is 106 Å². The molecule has 1 aromatic rings. The lowest BCUT2D eigenvalue weighted by Crippen LogP contribution is -2.42. The van der Waals surface area contributed by atoms with Crippen LogP contribution in [0.5, 0.6) is 0 Å². The Morgan fingerprint density at radius 3 is 3.06 bits per heavy atom. The van der Waals surface area contributed by atoms with Crippen molar-refractivity contribution in [3.8, 4) is 0 Å². The van der Waals surface area contributed by atoms with E-state index in [1.54, 1.807) is 17.8 Å². The van der Waals surface area contributed by atoms with Crippen LogP contribution in [0.3, 0.4) is 0 Å². The fraction of sp³-hybridized carbons (Fsp3) is 0.462. The maximum Gasteiger partial charge on any atom is 0.251 e. The predicted octanol–water partition coefficient (Wildman–Crippen LogP) is 1.59. The van der Waals surface area contributed by atoms with Crippen LogP contribution in [0, 0.1) is 6.92 Å². The molecule has 0 bridgehead atoms. The smallest absolute Gasteiger partial charge is 0.251 e. The summed E-state index contributed by atoms with van der Waals surface area (Å²) in [6.07, 6.45) is 0.756. The van der Waals surface area contributed by atoms with Gasteiger partial charge in [0.25, 0.3) is 5.91 Å². The first-order valence-corrected chi connectivity index (χ1v) is 6.90. The molecule has 1 saturated heterocycles. The van der Waals surface area contributed by atoms with E-state index >= 15 is 0 Å². The topological polar surface area (TPSA) is 49.3 Å². The molecule has 1 heterocycles. The summed E-state index contributed by atoms with van der Waals surface area (Å²) in [7, 11) is 0. The highest BCUT2D eigenvalue weighted by molar-refractivity contribution is 7.99. The summed E-state index contributed by atoms with van der Waals surface area (Å²) in [4.78, 5) is 11.9. The van der Waals surface area contributed by atoms with Crippen molar-refractivity contribution in [3.05, 3.63) is 35.4 Å². The normalized spacial score (nSPS) is 23.6.